The van der Waals surface area contributed by atoms with Gasteiger partial charge in [-0.1, -0.05) is 18.2 Å². The van der Waals surface area contributed by atoms with Crippen LogP contribution in [-0.2, 0) is 11.2 Å². The van der Waals surface area contributed by atoms with Gasteiger partial charge in [0.2, 0.25) is 6.79 Å². The lowest BCUT2D eigenvalue weighted by molar-refractivity contribution is -0.123. The van der Waals surface area contributed by atoms with Crippen molar-refractivity contribution in [1.82, 2.24) is 5.43 Å². The second-order valence-corrected chi connectivity index (χ2v) is 6.63. The first-order valence-corrected chi connectivity index (χ1v) is 8.92. The maximum Gasteiger partial charge on any atom is 0.277 e. The van der Waals surface area contributed by atoms with Gasteiger partial charge in [-0.15, -0.1) is 0 Å². The van der Waals surface area contributed by atoms with Crippen LogP contribution in [0.15, 0.2) is 41.5 Å². The number of hydrogen-bond donors (Lipinski definition) is 1. The van der Waals surface area contributed by atoms with Crippen molar-refractivity contribution in [2.45, 2.75) is 33.6 Å². The molecule has 2 aromatic rings. The number of nitrogens with one attached hydrogen (secondary N) is 1. The van der Waals surface area contributed by atoms with Crippen molar-refractivity contribution in [2.75, 3.05) is 13.4 Å². The molecule has 142 valence electrons. The summed E-state index contributed by atoms with van der Waals surface area (Å²) in [6.07, 6.45) is 1.54. The maximum atomic E-state index is 11.9. The minimum absolute atomic E-state index is 0.0662. The number of ether oxygens (including phenoxy) is 3. The Morgan fingerprint density at radius 3 is 2.81 bits per heavy atom. The van der Waals surface area contributed by atoms with E-state index in [0.29, 0.717) is 5.75 Å². The van der Waals surface area contributed by atoms with Crippen molar-refractivity contribution in [1.29, 1.82) is 0 Å². The third-order valence-electron chi connectivity index (χ3n) is 4.29. The maximum absolute atomic E-state index is 11.9. The van der Waals surface area contributed by atoms with Crippen molar-refractivity contribution in [3.8, 4) is 17.2 Å². The predicted octanol–water partition coefficient (Wildman–Crippen LogP) is 3.54. The highest BCUT2D eigenvalue weighted by Gasteiger charge is 2.13. The molecule has 27 heavy (non-hydrogen) atoms. The zero-order chi connectivity index (χ0) is 19.2. The first kappa shape index (κ1) is 18.8. The van der Waals surface area contributed by atoms with Gasteiger partial charge >= 0.3 is 0 Å². The van der Waals surface area contributed by atoms with Gasteiger partial charge in [-0.05, 0) is 68.5 Å². The van der Waals surface area contributed by atoms with E-state index >= 15 is 0 Å². The molecule has 1 N–H and O–H groups in total. The average Bonchev–Trinajstić information content (AvgIpc) is 3.13. The van der Waals surface area contributed by atoms with Crippen LogP contribution >= 0.6 is 0 Å². The summed E-state index contributed by atoms with van der Waals surface area (Å²) in [5, 5.41) is 4.15. The number of benzene rings is 2. The zero-order valence-corrected chi connectivity index (χ0v) is 15.9. The predicted molar refractivity (Wildman–Crippen MR) is 104 cm³/mol. The molecule has 1 aliphatic rings. The fraction of sp³-hybridized carbons (Fsp3) is 0.333. The fourth-order valence-electron chi connectivity index (χ4n) is 2.67. The van der Waals surface area contributed by atoms with Gasteiger partial charge in [0.1, 0.15) is 5.75 Å². The van der Waals surface area contributed by atoms with Gasteiger partial charge in [0.05, 0.1) is 0 Å². The Kier molecular flexibility index (Phi) is 5.96. The number of hydrogen-bond acceptors (Lipinski definition) is 5. The number of fused-ring (bicyclic) bond motifs is 1. The van der Waals surface area contributed by atoms with E-state index in [1.807, 2.05) is 57.2 Å². The van der Waals surface area contributed by atoms with Crippen molar-refractivity contribution >= 4 is 11.6 Å². The molecule has 0 unspecified atom stereocenters. The molecule has 3 rings (SSSR count). The molecule has 0 atom stereocenters. The van der Waals surface area contributed by atoms with Crippen molar-refractivity contribution < 1.29 is 19.0 Å². The average molecular weight is 368 g/mol. The number of amides is 1. The summed E-state index contributed by atoms with van der Waals surface area (Å²) in [5.74, 6) is 1.99. The van der Waals surface area contributed by atoms with Gasteiger partial charge in [-0.25, -0.2) is 5.43 Å². The van der Waals surface area contributed by atoms with Gasteiger partial charge in [0.25, 0.3) is 5.91 Å². The Morgan fingerprint density at radius 2 is 1.96 bits per heavy atom. The molecule has 0 radical (unpaired) electrons. The summed E-state index contributed by atoms with van der Waals surface area (Å²) in [4.78, 5) is 11.9. The lowest BCUT2D eigenvalue weighted by Gasteiger charge is -2.09. The van der Waals surface area contributed by atoms with Crippen LogP contribution in [-0.4, -0.2) is 25.0 Å². The molecule has 6 heteroatoms. The van der Waals surface area contributed by atoms with Gasteiger partial charge in [0, 0.05) is 5.71 Å². The van der Waals surface area contributed by atoms with Crippen LogP contribution in [0.25, 0.3) is 0 Å². The second kappa shape index (κ2) is 8.58. The Hall–Kier alpha value is -3.02. The van der Waals surface area contributed by atoms with Crippen LogP contribution < -0.4 is 19.6 Å². The highest BCUT2D eigenvalue weighted by molar-refractivity contribution is 5.85. The second-order valence-electron chi connectivity index (χ2n) is 6.63. The molecule has 0 saturated heterocycles. The number of rotatable bonds is 7. The normalized spacial score (nSPS) is 12.8. The summed E-state index contributed by atoms with van der Waals surface area (Å²) in [7, 11) is 0. The molecule has 6 nitrogen and oxygen atoms in total. The molecular weight excluding hydrogens is 344 g/mol. The number of carbonyl (C=O) groups excluding carboxylic acids is 1. The van der Waals surface area contributed by atoms with Gasteiger partial charge in [-0.2, -0.15) is 5.10 Å². The minimum atomic E-state index is -0.279. The topological polar surface area (TPSA) is 69.2 Å². The molecule has 0 aliphatic carbocycles. The molecule has 1 amide bonds. The van der Waals surface area contributed by atoms with Crippen LogP contribution in [0.4, 0.5) is 0 Å². The first-order valence-electron chi connectivity index (χ1n) is 8.92. The molecule has 2 aromatic carbocycles. The fourth-order valence-corrected chi connectivity index (χ4v) is 2.67. The van der Waals surface area contributed by atoms with Crippen molar-refractivity contribution in [2.24, 2.45) is 5.10 Å². The van der Waals surface area contributed by atoms with Crippen molar-refractivity contribution in [3.63, 3.8) is 0 Å². The molecule has 1 aliphatic heterocycles. The number of carbonyl (C=O) groups is 1. The van der Waals surface area contributed by atoms with Crippen LogP contribution in [0.1, 0.15) is 30.0 Å². The van der Waals surface area contributed by atoms with Crippen molar-refractivity contribution in [3.05, 3.63) is 53.1 Å². The molecular formula is C21H24N2O4. The van der Waals surface area contributed by atoms with E-state index in [9.17, 15) is 4.79 Å². The molecule has 1 heterocycles. The van der Waals surface area contributed by atoms with Crippen LogP contribution in [0.5, 0.6) is 17.2 Å². The van der Waals surface area contributed by atoms with E-state index in [4.69, 9.17) is 14.2 Å². The Bertz CT molecular complexity index is 861. The van der Waals surface area contributed by atoms with Gasteiger partial charge in [-0.3, -0.25) is 4.79 Å². The molecule has 0 aromatic heterocycles. The highest BCUT2D eigenvalue weighted by atomic mass is 16.7. The van der Waals surface area contributed by atoms with Crippen LogP contribution in [0, 0.1) is 13.8 Å². The lowest BCUT2D eigenvalue weighted by atomic mass is 10.1. The summed E-state index contributed by atoms with van der Waals surface area (Å²) in [5.41, 5.74) is 6.61. The van der Waals surface area contributed by atoms with E-state index in [-0.39, 0.29) is 19.3 Å². The van der Waals surface area contributed by atoms with Gasteiger partial charge in [0.15, 0.2) is 18.1 Å². The molecule has 0 spiro atoms. The summed E-state index contributed by atoms with van der Waals surface area (Å²) in [6.45, 7) is 6.03. The molecule has 0 fully saturated rings. The largest absolute Gasteiger partial charge is 0.483 e. The monoisotopic (exact) mass is 368 g/mol. The Balaban J connectivity index is 1.44. The van der Waals surface area contributed by atoms with Crippen LogP contribution in [0.3, 0.4) is 0 Å². The third kappa shape index (κ3) is 5.23. The van der Waals surface area contributed by atoms with E-state index in [0.717, 1.165) is 46.7 Å². The lowest BCUT2D eigenvalue weighted by Crippen LogP contribution is -2.25. The van der Waals surface area contributed by atoms with E-state index in [1.165, 1.54) is 0 Å². The summed E-state index contributed by atoms with van der Waals surface area (Å²) < 4.78 is 16.3. The highest BCUT2D eigenvalue weighted by Crippen LogP contribution is 2.32. The third-order valence-corrected chi connectivity index (χ3v) is 4.29. The minimum Gasteiger partial charge on any atom is -0.483 e. The SMILES string of the molecule is C/C(CCc1ccc2c(c1)OCO2)=N\NC(=O)COc1cc(C)ccc1C. The van der Waals surface area contributed by atoms with E-state index < -0.39 is 0 Å². The number of hydrazone groups is 1. The smallest absolute Gasteiger partial charge is 0.277 e. The first-order chi connectivity index (χ1) is 13.0. The number of nitrogens with zero attached hydrogens (tertiary/aromatic N) is 1. The van der Waals surface area contributed by atoms with Crippen LogP contribution in [0.2, 0.25) is 0 Å². The number of aryl methyl sites for hydroxylation is 3. The molecule has 0 saturated carbocycles. The zero-order valence-electron chi connectivity index (χ0n) is 15.9. The Morgan fingerprint density at radius 1 is 1.15 bits per heavy atom. The Labute approximate surface area is 159 Å². The van der Waals surface area contributed by atoms with E-state index in [2.05, 4.69) is 10.5 Å². The van der Waals surface area contributed by atoms with Gasteiger partial charge < -0.3 is 14.2 Å². The summed E-state index contributed by atoms with van der Waals surface area (Å²) >= 11 is 0. The summed E-state index contributed by atoms with van der Waals surface area (Å²) in [6, 6.07) is 11.8. The molecule has 0 bridgehead atoms. The van der Waals surface area contributed by atoms with E-state index in [1.54, 1.807) is 0 Å². The standard InChI is InChI=1S/C21H24N2O4/c1-14-4-5-15(2)19(10-14)25-12-21(24)23-22-16(3)6-7-17-8-9-18-20(11-17)27-13-26-18/h4-5,8-11H,6-7,12-13H2,1-3H3,(H,23,24)/b22-16+. The quantitative estimate of drug-likeness (QED) is 0.600.